The van der Waals surface area contributed by atoms with Crippen molar-refractivity contribution in [3.63, 3.8) is 0 Å². The molecule has 1 atom stereocenters. The van der Waals surface area contributed by atoms with Crippen molar-refractivity contribution < 1.29 is 14.3 Å². The minimum absolute atomic E-state index is 0.131. The summed E-state index contributed by atoms with van der Waals surface area (Å²) in [4.78, 5) is 38.6. The molecule has 3 aromatic rings. The largest absolute Gasteiger partial charge is 0.462 e. The molecule has 3 aromatic heterocycles. The normalized spacial score (nSPS) is 17.1. The predicted molar refractivity (Wildman–Crippen MR) is 135 cm³/mol. The van der Waals surface area contributed by atoms with Crippen LogP contribution >= 0.6 is 34.4 Å². The second-order valence-corrected chi connectivity index (χ2v) is 11.9. The highest BCUT2D eigenvalue weighted by Gasteiger charge is 2.29. The fraction of sp³-hybridized carbons (Fsp3) is 0.500. The minimum atomic E-state index is -0.338. The molecule has 0 saturated heterocycles. The van der Waals surface area contributed by atoms with E-state index in [2.05, 4.69) is 22.2 Å². The van der Waals surface area contributed by atoms with Gasteiger partial charge in [0.05, 0.1) is 17.9 Å². The first-order chi connectivity index (χ1) is 15.9. The van der Waals surface area contributed by atoms with Crippen molar-refractivity contribution in [3.05, 3.63) is 32.3 Å². The molecule has 3 heterocycles. The molecule has 0 spiro atoms. The number of nitrogens with one attached hydrogen (secondary N) is 1. The monoisotopic (exact) mass is 501 g/mol. The lowest BCUT2D eigenvalue weighted by Gasteiger charge is -2.18. The summed E-state index contributed by atoms with van der Waals surface area (Å²) in [5.74, 6) is 1.08. The first-order valence-electron chi connectivity index (χ1n) is 11.5. The highest BCUT2D eigenvalue weighted by atomic mass is 32.2. The van der Waals surface area contributed by atoms with Crippen LogP contribution in [0.4, 0.5) is 5.00 Å². The Morgan fingerprint density at radius 2 is 2.00 bits per heavy atom. The van der Waals surface area contributed by atoms with Crippen molar-refractivity contribution in [1.82, 2.24) is 9.97 Å². The van der Waals surface area contributed by atoms with Gasteiger partial charge in [-0.25, -0.2) is 14.8 Å². The van der Waals surface area contributed by atoms with E-state index in [1.54, 1.807) is 18.3 Å². The van der Waals surface area contributed by atoms with Gasteiger partial charge in [-0.05, 0) is 69.4 Å². The van der Waals surface area contributed by atoms with Gasteiger partial charge in [0, 0.05) is 15.1 Å². The Bertz CT molecular complexity index is 1250. The van der Waals surface area contributed by atoms with E-state index in [4.69, 9.17) is 4.74 Å². The Labute approximate surface area is 205 Å². The smallest absolute Gasteiger partial charge is 0.341 e. The fourth-order valence-electron chi connectivity index (χ4n) is 4.72. The van der Waals surface area contributed by atoms with Crippen LogP contribution in [0.15, 0.2) is 5.03 Å². The quantitative estimate of drug-likeness (QED) is 0.270. The third kappa shape index (κ3) is 4.42. The van der Waals surface area contributed by atoms with E-state index in [1.165, 1.54) is 44.8 Å². The number of thioether (sulfide) groups is 1. The van der Waals surface area contributed by atoms with Crippen molar-refractivity contribution in [3.8, 4) is 0 Å². The van der Waals surface area contributed by atoms with Crippen LogP contribution in [0.3, 0.4) is 0 Å². The number of ether oxygens (including phenoxy) is 1. The average molecular weight is 502 g/mol. The number of fused-ring (bicyclic) bond motifs is 4. The van der Waals surface area contributed by atoms with E-state index >= 15 is 0 Å². The summed E-state index contributed by atoms with van der Waals surface area (Å²) >= 11 is 4.74. The summed E-state index contributed by atoms with van der Waals surface area (Å²) in [6.07, 6.45) is 6.19. The van der Waals surface area contributed by atoms with Gasteiger partial charge in [-0.1, -0.05) is 18.7 Å². The zero-order valence-corrected chi connectivity index (χ0v) is 21.5. The molecule has 1 amide bonds. The number of hydrogen-bond acceptors (Lipinski definition) is 8. The molecule has 1 unspecified atom stereocenters. The van der Waals surface area contributed by atoms with Gasteiger partial charge in [0.15, 0.2) is 0 Å². The van der Waals surface area contributed by atoms with Crippen molar-refractivity contribution in [2.24, 2.45) is 5.92 Å². The van der Waals surface area contributed by atoms with E-state index in [0.717, 1.165) is 58.7 Å². The van der Waals surface area contributed by atoms with Crippen molar-refractivity contribution in [2.45, 2.75) is 64.3 Å². The number of hydrogen-bond donors (Lipinski definition) is 1. The number of thiophene rings is 2. The van der Waals surface area contributed by atoms with Gasteiger partial charge in [-0.15, -0.1) is 22.7 Å². The number of carbonyl (C=O) groups is 2. The molecule has 0 aliphatic heterocycles. The zero-order chi connectivity index (χ0) is 23.1. The minimum Gasteiger partial charge on any atom is -0.462 e. The maximum Gasteiger partial charge on any atom is 0.341 e. The molecule has 0 aromatic carbocycles. The van der Waals surface area contributed by atoms with E-state index in [1.807, 2.05) is 6.92 Å². The summed E-state index contributed by atoms with van der Waals surface area (Å²) < 4.78 is 5.32. The van der Waals surface area contributed by atoms with Gasteiger partial charge in [0.25, 0.3) is 0 Å². The summed E-state index contributed by atoms with van der Waals surface area (Å²) in [6, 6.07) is 0. The highest BCUT2D eigenvalue weighted by molar-refractivity contribution is 8.00. The molecular weight excluding hydrogens is 474 g/mol. The average Bonchev–Trinajstić information content (AvgIpc) is 3.44. The Kier molecular flexibility index (Phi) is 6.46. The maximum absolute atomic E-state index is 13.0. The third-order valence-electron chi connectivity index (χ3n) is 6.23. The zero-order valence-electron chi connectivity index (χ0n) is 19.1. The summed E-state index contributed by atoms with van der Waals surface area (Å²) in [5, 5.41) is 5.66. The second-order valence-electron chi connectivity index (χ2n) is 8.73. The lowest BCUT2D eigenvalue weighted by molar-refractivity contribution is -0.113. The van der Waals surface area contributed by atoms with Crippen LogP contribution in [0.1, 0.15) is 63.8 Å². The van der Waals surface area contributed by atoms with Crippen LogP contribution in [-0.2, 0) is 35.2 Å². The molecule has 6 nitrogen and oxygen atoms in total. The number of amides is 1. The first-order valence-corrected chi connectivity index (χ1v) is 14.1. The lowest BCUT2D eigenvalue weighted by atomic mass is 9.88. The second kappa shape index (κ2) is 9.35. The number of carbonyl (C=O) groups excluding carboxylic acids is 2. The van der Waals surface area contributed by atoms with Crippen LogP contribution in [0, 0.1) is 12.8 Å². The van der Waals surface area contributed by atoms with Crippen molar-refractivity contribution in [1.29, 1.82) is 0 Å². The molecule has 5 rings (SSSR count). The molecule has 9 heteroatoms. The van der Waals surface area contributed by atoms with Gasteiger partial charge in [0.1, 0.15) is 20.7 Å². The SMILES string of the molecule is CCOC(=O)c1c(NC(=O)CSc2nc(C)nc3sc4c(c23)CCC4)sc2c1CCC(C)C2. The molecule has 1 N–H and O–H groups in total. The van der Waals surface area contributed by atoms with E-state index in [0.29, 0.717) is 23.1 Å². The van der Waals surface area contributed by atoms with Crippen LogP contribution < -0.4 is 5.32 Å². The molecule has 0 fully saturated rings. The Morgan fingerprint density at radius 3 is 2.82 bits per heavy atom. The van der Waals surface area contributed by atoms with Gasteiger partial charge < -0.3 is 10.1 Å². The predicted octanol–water partition coefficient (Wildman–Crippen LogP) is 5.58. The Morgan fingerprint density at radius 1 is 1.15 bits per heavy atom. The standard InChI is InChI=1S/C24H27N3O3S3/c1-4-30-24(29)20-15-9-8-12(2)10-17(15)33-23(20)27-18(28)11-31-21-19-14-6-5-7-16(14)32-22(19)26-13(3)25-21/h12H,4-11H2,1-3H3,(H,27,28). The van der Waals surface area contributed by atoms with Crippen LogP contribution in [-0.4, -0.2) is 34.2 Å². The number of esters is 1. The van der Waals surface area contributed by atoms with E-state index < -0.39 is 0 Å². The molecule has 2 aliphatic rings. The summed E-state index contributed by atoms with van der Waals surface area (Å²) in [7, 11) is 0. The topological polar surface area (TPSA) is 81.2 Å². The Hall–Kier alpha value is -1.97. The van der Waals surface area contributed by atoms with Gasteiger partial charge in [0.2, 0.25) is 5.91 Å². The van der Waals surface area contributed by atoms with Crippen LogP contribution in [0.2, 0.25) is 0 Å². The number of anilines is 1. The number of aromatic nitrogens is 2. The number of rotatable bonds is 6. The molecule has 0 saturated carbocycles. The fourth-order valence-corrected chi connectivity index (χ4v) is 8.41. The molecule has 174 valence electrons. The molecular formula is C24H27N3O3S3. The third-order valence-corrected chi connectivity index (χ3v) is 9.56. The van der Waals surface area contributed by atoms with Gasteiger partial charge >= 0.3 is 5.97 Å². The lowest BCUT2D eigenvalue weighted by Crippen LogP contribution is -2.17. The summed E-state index contributed by atoms with van der Waals surface area (Å²) in [5.41, 5.74) is 2.97. The molecule has 2 aliphatic carbocycles. The van der Waals surface area contributed by atoms with Crippen molar-refractivity contribution in [2.75, 3.05) is 17.7 Å². The first kappa shape index (κ1) is 22.8. The van der Waals surface area contributed by atoms with Crippen LogP contribution in [0.5, 0.6) is 0 Å². The van der Waals surface area contributed by atoms with E-state index in [-0.39, 0.29) is 17.6 Å². The number of nitrogens with zero attached hydrogens (tertiary/aromatic N) is 2. The molecule has 0 bridgehead atoms. The molecule has 33 heavy (non-hydrogen) atoms. The van der Waals surface area contributed by atoms with Gasteiger partial charge in [-0.3, -0.25) is 4.79 Å². The molecule has 0 radical (unpaired) electrons. The van der Waals surface area contributed by atoms with Gasteiger partial charge in [-0.2, -0.15) is 0 Å². The van der Waals surface area contributed by atoms with Crippen molar-refractivity contribution >= 4 is 61.5 Å². The Balaban J connectivity index is 1.37. The number of aryl methyl sites for hydroxylation is 3. The summed E-state index contributed by atoms with van der Waals surface area (Å²) in [6.45, 7) is 6.25. The van der Waals surface area contributed by atoms with Crippen LogP contribution in [0.25, 0.3) is 10.2 Å². The highest BCUT2D eigenvalue weighted by Crippen LogP contribution is 2.42. The maximum atomic E-state index is 13.0. The van der Waals surface area contributed by atoms with E-state index in [9.17, 15) is 9.59 Å².